The number of carbonyl (C=O) groups is 1. The zero-order valence-electron chi connectivity index (χ0n) is 11.4. The molecule has 1 aromatic carbocycles. The topological polar surface area (TPSA) is 61.5 Å². The third kappa shape index (κ3) is 3.65. The minimum Gasteiger partial charge on any atom is -0.490 e. The lowest BCUT2D eigenvalue weighted by atomic mass is 10.1. The first kappa shape index (κ1) is 14.4. The van der Waals surface area contributed by atoms with Gasteiger partial charge in [0.05, 0.1) is 18.3 Å². The fourth-order valence-electron chi connectivity index (χ4n) is 1.35. The quantitative estimate of drug-likeness (QED) is 0.645. The maximum Gasteiger partial charge on any atom is 0.340 e. The Hall–Kier alpha value is -1.71. The predicted octanol–water partition coefficient (Wildman–Crippen LogP) is 2.87. The molecule has 1 unspecified atom stereocenters. The summed E-state index contributed by atoms with van der Waals surface area (Å²) in [7, 11) is 0. The summed E-state index contributed by atoms with van der Waals surface area (Å²) in [6.45, 7) is 8.23. The van der Waals surface area contributed by atoms with E-state index in [0.717, 1.165) is 0 Å². The SMILES string of the molecule is CCOC(=O)c1cc(OC(C)C(C)C)ccc1N. The van der Waals surface area contributed by atoms with Crippen LogP contribution in [0, 0.1) is 5.92 Å². The molecule has 0 aliphatic heterocycles. The van der Waals surface area contributed by atoms with Gasteiger partial charge in [0.2, 0.25) is 0 Å². The lowest BCUT2D eigenvalue weighted by molar-refractivity contribution is 0.0526. The largest absolute Gasteiger partial charge is 0.490 e. The maximum absolute atomic E-state index is 11.7. The average Bonchev–Trinajstić information content (AvgIpc) is 2.31. The summed E-state index contributed by atoms with van der Waals surface area (Å²) >= 11 is 0. The molecule has 0 amide bonds. The first-order valence-corrected chi connectivity index (χ1v) is 6.19. The highest BCUT2D eigenvalue weighted by Crippen LogP contribution is 2.22. The number of ether oxygens (including phenoxy) is 2. The van der Waals surface area contributed by atoms with Crippen molar-refractivity contribution in [3.8, 4) is 5.75 Å². The number of hydrogen-bond acceptors (Lipinski definition) is 4. The molecule has 1 atom stereocenters. The molecule has 1 rings (SSSR count). The fraction of sp³-hybridized carbons (Fsp3) is 0.500. The Morgan fingerprint density at radius 2 is 2.00 bits per heavy atom. The minimum atomic E-state index is -0.419. The van der Waals surface area contributed by atoms with Crippen molar-refractivity contribution in [2.75, 3.05) is 12.3 Å². The van der Waals surface area contributed by atoms with Crippen molar-refractivity contribution in [2.24, 2.45) is 5.92 Å². The number of esters is 1. The monoisotopic (exact) mass is 251 g/mol. The summed E-state index contributed by atoms with van der Waals surface area (Å²) in [5.74, 6) is 0.611. The molecule has 0 radical (unpaired) electrons. The lowest BCUT2D eigenvalue weighted by Crippen LogP contribution is -2.19. The number of anilines is 1. The van der Waals surface area contributed by atoms with Crippen LogP contribution in [-0.2, 0) is 4.74 Å². The third-order valence-corrected chi connectivity index (χ3v) is 2.78. The molecule has 4 nitrogen and oxygen atoms in total. The number of nitrogen functional groups attached to an aromatic ring is 1. The molecule has 0 aliphatic rings. The van der Waals surface area contributed by atoms with Crippen LogP contribution in [0.3, 0.4) is 0 Å². The summed E-state index contributed by atoms with van der Waals surface area (Å²) < 4.78 is 10.7. The van der Waals surface area contributed by atoms with Crippen molar-refractivity contribution >= 4 is 11.7 Å². The van der Waals surface area contributed by atoms with Crippen molar-refractivity contribution in [1.29, 1.82) is 0 Å². The van der Waals surface area contributed by atoms with Crippen LogP contribution < -0.4 is 10.5 Å². The Labute approximate surface area is 108 Å². The van der Waals surface area contributed by atoms with Gasteiger partial charge in [-0.3, -0.25) is 0 Å². The van der Waals surface area contributed by atoms with Gasteiger partial charge in [0.1, 0.15) is 5.75 Å². The first-order valence-electron chi connectivity index (χ1n) is 6.19. The normalized spacial score (nSPS) is 12.3. The second-order valence-electron chi connectivity index (χ2n) is 4.54. The Bertz CT molecular complexity index is 416. The van der Waals surface area contributed by atoms with Gasteiger partial charge in [0.25, 0.3) is 0 Å². The Morgan fingerprint density at radius 3 is 2.56 bits per heavy atom. The van der Waals surface area contributed by atoms with Crippen molar-refractivity contribution in [3.05, 3.63) is 23.8 Å². The molecule has 0 heterocycles. The molecule has 100 valence electrons. The van der Waals surface area contributed by atoms with Gasteiger partial charge in [0.15, 0.2) is 0 Å². The van der Waals surface area contributed by atoms with Crippen LogP contribution in [0.5, 0.6) is 5.75 Å². The summed E-state index contributed by atoms with van der Waals surface area (Å²) in [5, 5.41) is 0. The molecule has 0 bridgehead atoms. The van der Waals surface area contributed by atoms with E-state index < -0.39 is 5.97 Å². The highest BCUT2D eigenvalue weighted by molar-refractivity contribution is 5.95. The summed E-state index contributed by atoms with van der Waals surface area (Å²) in [6.07, 6.45) is 0.0728. The van der Waals surface area contributed by atoms with Crippen LogP contribution in [0.1, 0.15) is 38.1 Å². The van der Waals surface area contributed by atoms with E-state index in [4.69, 9.17) is 15.2 Å². The highest BCUT2D eigenvalue weighted by Gasteiger charge is 2.14. The average molecular weight is 251 g/mol. The van der Waals surface area contributed by atoms with Gasteiger partial charge >= 0.3 is 5.97 Å². The number of rotatable bonds is 5. The van der Waals surface area contributed by atoms with Gasteiger partial charge < -0.3 is 15.2 Å². The van der Waals surface area contributed by atoms with Crippen molar-refractivity contribution < 1.29 is 14.3 Å². The van der Waals surface area contributed by atoms with Crippen LogP contribution in [0.25, 0.3) is 0 Å². The van der Waals surface area contributed by atoms with Crippen LogP contribution in [0.4, 0.5) is 5.69 Å². The molecule has 2 N–H and O–H groups in total. The number of benzene rings is 1. The van der Waals surface area contributed by atoms with E-state index in [-0.39, 0.29) is 6.10 Å². The van der Waals surface area contributed by atoms with E-state index in [1.807, 2.05) is 6.92 Å². The van der Waals surface area contributed by atoms with Gasteiger partial charge in [-0.1, -0.05) is 13.8 Å². The van der Waals surface area contributed by atoms with E-state index in [0.29, 0.717) is 29.5 Å². The molecular weight excluding hydrogens is 230 g/mol. The second kappa shape index (κ2) is 6.28. The smallest absolute Gasteiger partial charge is 0.340 e. The molecule has 0 spiro atoms. The van der Waals surface area contributed by atoms with Crippen molar-refractivity contribution in [1.82, 2.24) is 0 Å². The van der Waals surface area contributed by atoms with Gasteiger partial charge in [-0.25, -0.2) is 4.79 Å². The summed E-state index contributed by atoms with van der Waals surface area (Å²) in [5.41, 5.74) is 6.51. The van der Waals surface area contributed by atoms with E-state index in [1.54, 1.807) is 25.1 Å². The van der Waals surface area contributed by atoms with Gasteiger partial charge in [-0.05, 0) is 38.0 Å². The molecule has 1 aromatic rings. The third-order valence-electron chi connectivity index (χ3n) is 2.78. The lowest BCUT2D eigenvalue weighted by Gasteiger charge is -2.18. The molecule has 0 saturated carbocycles. The minimum absolute atomic E-state index is 0.0728. The van der Waals surface area contributed by atoms with Gasteiger partial charge in [0, 0.05) is 5.69 Å². The van der Waals surface area contributed by atoms with Gasteiger partial charge in [-0.2, -0.15) is 0 Å². The standard InChI is InChI=1S/C14H21NO3/c1-5-17-14(16)12-8-11(6-7-13(12)15)18-10(4)9(2)3/h6-10H,5,15H2,1-4H3. The second-order valence-corrected chi connectivity index (χ2v) is 4.54. The molecule has 0 aliphatic carbocycles. The zero-order chi connectivity index (χ0) is 13.7. The molecular formula is C14H21NO3. The van der Waals surface area contributed by atoms with E-state index in [9.17, 15) is 4.79 Å². The van der Waals surface area contributed by atoms with Crippen LogP contribution >= 0.6 is 0 Å². The summed E-state index contributed by atoms with van der Waals surface area (Å²) in [6, 6.07) is 5.05. The van der Waals surface area contributed by atoms with Crippen molar-refractivity contribution in [2.45, 2.75) is 33.8 Å². The zero-order valence-corrected chi connectivity index (χ0v) is 11.4. The van der Waals surface area contributed by atoms with Crippen LogP contribution in [0.15, 0.2) is 18.2 Å². The molecule has 4 heteroatoms. The highest BCUT2D eigenvalue weighted by atomic mass is 16.5. The predicted molar refractivity (Wildman–Crippen MR) is 71.7 cm³/mol. The van der Waals surface area contributed by atoms with E-state index in [2.05, 4.69) is 13.8 Å². The Morgan fingerprint density at radius 1 is 1.33 bits per heavy atom. The fourth-order valence-corrected chi connectivity index (χ4v) is 1.35. The Balaban J connectivity index is 2.90. The van der Waals surface area contributed by atoms with E-state index >= 15 is 0 Å². The van der Waals surface area contributed by atoms with Crippen molar-refractivity contribution in [3.63, 3.8) is 0 Å². The van der Waals surface area contributed by atoms with Crippen LogP contribution in [-0.4, -0.2) is 18.7 Å². The molecule has 0 fully saturated rings. The number of carbonyl (C=O) groups excluding carboxylic acids is 1. The van der Waals surface area contributed by atoms with E-state index in [1.165, 1.54) is 0 Å². The number of hydrogen-bond donors (Lipinski definition) is 1. The first-order chi connectivity index (χ1) is 8.45. The van der Waals surface area contributed by atoms with Crippen LogP contribution in [0.2, 0.25) is 0 Å². The molecule has 18 heavy (non-hydrogen) atoms. The Kier molecular flexibility index (Phi) is 5.01. The summed E-state index contributed by atoms with van der Waals surface area (Å²) in [4.78, 5) is 11.7. The number of nitrogens with two attached hydrogens (primary N) is 1. The van der Waals surface area contributed by atoms with Gasteiger partial charge in [-0.15, -0.1) is 0 Å². The molecule has 0 saturated heterocycles. The maximum atomic E-state index is 11.7. The molecule has 0 aromatic heterocycles.